The smallest absolute Gasteiger partial charge is 0.275 e. The molecule has 21 heavy (non-hydrogen) atoms. The second-order valence-corrected chi connectivity index (χ2v) is 5.22. The van der Waals surface area contributed by atoms with Crippen molar-refractivity contribution in [3.05, 3.63) is 38.3 Å². The van der Waals surface area contributed by atoms with Crippen LogP contribution in [0.1, 0.15) is 12.0 Å². The monoisotopic (exact) mass is 359 g/mol. The van der Waals surface area contributed by atoms with Gasteiger partial charge in [0.2, 0.25) is 5.91 Å². The number of hydrogen-bond acceptors (Lipinski definition) is 5. The molecule has 0 aliphatic rings. The summed E-state index contributed by atoms with van der Waals surface area (Å²) in [5, 5.41) is 16.7. The predicted octanol–water partition coefficient (Wildman–Crippen LogP) is 1.60. The zero-order valence-electron chi connectivity index (χ0n) is 11.7. The zero-order chi connectivity index (χ0) is 15.7. The van der Waals surface area contributed by atoms with Crippen LogP contribution in [0.15, 0.2) is 22.7 Å². The highest BCUT2D eigenvalue weighted by Crippen LogP contribution is 2.23. The van der Waals surface area contributed by atoms with E-state index in [1.54, 1.807) is 19.2 Å². The summed E-state index contributed by atoms with van der Waals surface area (Å²) in [4.78, 5) is 22.0. The quantitative estimate of drug-likeness (QED) is 0.396. The van der Waals surface area contributed by atoms with Gasteiger partial charge in [-0.15, -0.1) is 0 Å². The lowest BCUT2D eigenvalue weighted by Crippen LogP contribution is -2.30. The first-order chi connectivity index (χ1) is 10.0. The Morgan fingerprint density at radius 3 is 2.86 bits per heavy atom. The highest BCUT2D eigenvalue weighted by Gasteiger charge is 2.13. The maximum atomic E-state index is 11.4. The minimum atomic E-state index is -0.417. The lowest BCUT2D eigenvalue weighted by Gasteiger charge is -2.07. The molecule has 0 bridgehead atoms. The zero-order valence-corrected chi connectivity index (χ0v) is 13.3. The highest BCUT2D eigenvalue weighted by molar-refractivity contribution is 9.10. The van der Waals surface area contributed by atoms with Gasteiger partial charge in [-0.2, -0.15) is 0 Å². The third-order valence-electron chi connectivity index (χ3n) is 2.72. The minimum absolute atomic E-state index is 0.0569. The Morgan fingerprint density at radius 1 is 1.43 bits per heavy atom. The molecule has 1 amide bonds. The molecule has 7 nitrogen and oxygen atoms in total. The van der Waals surface area contributed by atoms with Crippen LogP contribution in [0.5, 0.6) is 0 Å². The molecular weight excluding hydrogens is 342 g/mol. The number of benzene rings is 1. The number of halogens is 1. The van der Waals surface area contributed by atoms with Crippen LogP contribution in [0.4, 0.5) is 5.69 Å². The number of nitrogens with zero attached hydrogens (tertiary/aromatic N) is 1. The van der Waals surface area contributed by atoms with Crippen molar-refractivity contribution in [1.29, 1.82) is 0 Å². The van der Waals surface area contributed by atoms with E-state index in [1.807, 2.05) is 0 Å². The number of rotatable bonds is 9. The first-order valence-electron chi connectivity index (χ1n) is 6.43. The first-order valence-corrected chi connectivity index (χ1v) is 7.23. The molecule has 0 aliphatic carbocycles. The van der Waals surface area contributed by atoms with Gasteiger partial charge in [-0.3, -0.25) is 14.9 Å². The lowest BCUT2D eigenvalue weighted by atomic mass is 10.2. The normalized spacial score (nSPS) is 10.4. The van der Waals surface area contributed by atoms with Crippen molar-refractivity contribution in [2.24, 2.45) is 0 Å². The maximum absolute atomic E-state index is 11.4. The van der Waals surface area contributed by atoms with E-state index in [0.29, 0.717) is 42.7 Å². The van der Waals surface area contributed by atoms with Gasteiger partial charge in [-0.25, -0.2) is 0 Å². The van der Waals surface area contributed by atoms with Gasteiger partial charge in [0.05, 0.1) is 11.5 Å². The minimum Gasteiger partial charge on any atom is -0.383 e. The fourth-order valence-corrected chi connectivity index (χ4v) is 2.01. The number of hydrogen-bond donors (Lipinski definition) is 2. The van der Waals surface area contributed by atoms with Gasteiger partial charge in [0.1, 0.15) is 0 Å². The van der Waals surface area contributed by atoms with Gasteiger partial charge < -0.3 is 15.4 Å². The summed E-state index contributed by atoms with van der Waals surface area (Å²) in [7, 11) is 1.57. The van der Waals surface area contributed by atoms with E-state index >= 15 is 0 Å². The third kappa shape index (κ3) is 6.65. The van der Waals surface area contributed by atoms with Crippen LogP contribution >= 0.6 is 15.9 Å². The fourth-order valence-electron chi connectivity index (χ4n) is 1.66. The molecular formula is C13H18BrN3O4. The molecule has 0 heterocycles. The van der Waals surface area contributed by atoms with Crippen LogP contribution in [0.3, 0.4) is 0 Å². The molecule has 1 rings (SSSR count). The van der Waals surface area contributed by atoms with E-state index < -0.39 is 4.92 Å². The molecule has 2 N–H and O–H groups in total. The van der Waals surface area contributed by atoms with Crippen LogP contribution < -0.4 is 10.6 Å². The van der Waals surface area contributed by atoms with Crippen LogP contribution in [0, 0.1) is 10.1 Å². The number of nitro groups is 1. The van der Waals surface area contributed by atoms with Crippen molar-refractivity contribution in [2.75, 3.05) is 26.8 Å². The van der Waals surface area contributed by atoms with Crippen molar-refractivity contribution in [1.82, 2.24) is 10.6 Å². The second-order valence-electron chi connectivity index (χ2n) is 4.30. The second kappa shape index (κ2) is 9.43. The summed E-state index contributed by atoms with van der Waals surface area (Å²) in [5.74, 6) is -0.0788. The highest BCUT2D eigenvalue weighted by atomic mass is 79.9. The number of methoxy groups -OCH3 is 1. The Balaban J connectivity index is 2.36. The van der Waals surface area contributed by atoms with E-state index in [9.17, 15) is 14.9 Å². The van der Waals surface area contributed by atoms with Crippen molar-refractivity contribution in [3.63, 3.8) is 0 Å². The summed E-state index contributed by atoms with van der Waals surface area (Å²) in [5.41, 5.74) is 0.643. The predicted molar refractivity (Wildman–Crippen MR) is 82.0 cm³/mol. The molecule has 0 saturated carbocycles. The first kappa shape index (κ1) is 17.5. The van der Waals surface area contributed by atoms with E-state index in [-0.39, 0.29) is 11.6 Å². The van der Waals surface area contributed by atoms with Gasteiger partial charge in [0.25, 0.3) is 5.69 Å². The van der Waals surface area contributed by atoms with Gasteiger partial charge >= 0.3 is 0 Å². The average molecular weight is 360 g/mol. The molecule has 1 aromatic carbocycles. The van der Waals surface area contributed by atoms with Crippen molar-refractivity contribution < 1.29 is 14.5 Å². The van der Waals surface area contributed by atoms with Gasteiger partial charge in [0, 0.05) is 49.3 Å². The van der Waals surface area contributed by atoms with Crippen LogP contribution in [0.2, 0.25) is 0 Å². The molecule has 116 valence electrons. The largest absolute Gasteiger partial charge is 0.383 e. The molecule has 0 radical (unpaired) electrons. The average Bonchev–Trinajstić information content (AvgIpc) is 2.45. The molecule has 0 unspecified atom stereocenters. The van der Waals surface area contributed by atoms with Gasteiger partial charge in [-0.1, -0.05) is 15.9 Å². The number of ether oxygens (including phenoxy) is 1. The molecule has 0 spiro atoms. The number of carbonyl (C=O) groups is 1. The standard InChI is InChI=1S/C13H18BrN3O4/c1-21-7-6-16-13(18)4-5-15-9-10-2-3-11(14)8-12(10)17(19)20/h2-3,8,15H,4-7,9H2,1H3,(H,16,18). The molecule has 0 fully saturated rings. The summed E-state index contributed by atoms with van der Waals surface area (Å²) in [6, 6.07) is 4.91. The Labute approximate surface area is 131 Å². The third-order valence-corrected chi connectivity index (χ3v) is 3.21. The SMILES string of the molecule is COCCNC(=O)CCNCc1ccc(Br)cc1[N+](=O)[O-]. The summed E-state index contributed by atoms with van der Waals surface area (Å²) < 4.78 is 5.49. The van der Waals surface area contributed by atoms with Crippen molar-refractivity contribution in [3.8, 4) is 0 Å². The number of amides is 1. The Bertz CT molecular complexity index is 496. The van der Waals surface area contributed by atoms with E-state index in [4.69, 9.17) is 4.74 Å². The van der Waals surface area contributed by atoms with Crippen LogP contribution in [0.25, 0.3) is 0 Å². The Kier molecular flexibility index (Phi) is 7.88. The Hall–Kier alpha value is -1.51. The molecule has 0 aromatic heterocycles. The van der Waals surface area contributed by atoms with E-state index in [0.717, 1.165) is 0 Å². The molecule has 0 atom stereocenters. The molecule has 1 aromatic rings. The van der Waals surface area contributed by atoms with Gasteiger partial charge in [-0.05, 0) is 12.1 Å². The molecule has 0 saturated heterocycles. The lowest BCUT2D eigenvalue weighted by molar-refractivity contribution is -0.385. The van der Waals surface area contributed by atoms with E-state index in [1.165, 1.54) is 6.07 Å². The van der Waals surface area contributed by atoms with E-state index in [2.05, 4.69) is 26.6 Å². The number of nitrogens with one attached hydrogen (secondary N) is 2. The summed E-state index contributed by atoms with van der Waals surface area (Å²) in [6.07, 6.45) is 0.314. The summed E-state index contributed by atoms with van der Waals surface area (Å²) >= 11 is 3.21. The summed E-state index contributed by atoms with van der Waals surface area (Å²) in [6.45, 7) is 1.75. The molecule has 8 heteroatoms. The number of nitro benzene ring substituents is 1. The van der Waals surface area contributed by atoms with Crippen molar-refractivity contribution >= 4 is 27.5 Å². The van der Waals surface area contributed by atoms with Gasteiger partial charge in [0.15, 0.2) is 0 Å². The maximum Gasteiger partial charge on any atom is 0.275 e. The van der Waals surface area contributed by atoms with Crippen LogP contribution in [-0.2, 0) is 16.1 Å². The topological polar surface area (TPSA) is 93.5 Å². The van der Waals surface area contributed by atoms with Crippen LogP contribution in [-0.4, -0.2) is 37.6 Å². The number of carbonyl (C=O) groups excluding carboxylic acids is 1. The fraction of sp³-hybridized carbons (Fsp3) is 0.462. The molecule has 0 aliphatic heterocycles. The van der Waals surface area contributed by atoms with Crippen molar-refractivity contribution in [2.45, 2.75) is 13.0 Å². The Morgan fingerprint density at radius 2 is 2.19 bits per heavy atom.